The van der Waals surface area contributed by atoms with Crippen LogP contribution in [0, 0.1) is 5.41 Å². The van der Waals surface area contributed by atoms with Crippen LogP contribution < -0.4 is 11.2 Å². The second-order valence-corrected chi connectivity index (χ2v) is 5.06. The highest BCUT2D eigenvalue weighted by Crippen LogP contribution is 2.17. The highest BCUT2D eigenvalue weighted by Gasteiger charge is 2.21. The van der Waals surface area contributed by atoms with Crippen molar-refractivity contribution in [1.29, 1.82) is 0 Å². The van der Waals surface area contributed by atoms with Gasteiger partial charge in [-0.25, -0.2) is 10.2 Å². The van der Waals surface area contributed by atoms with Crippen molar-refractivity contribution >= 4 is 12.2 Å². The lowest BCUT2D eigenvalue weighted by Crippen LogP contribution is -2.39. The molecule has 1 fully saturated rings. The predicted octanol–water partition coefficient (Wildman–Crippen LogP) is 1.15. The number of rotatable bonds is 4. The molecule has 3 N–H and O–H groups in total. The van der Waals surface area contributed by atoms with Crippen molar-refractivity contribution < 1.29 is 4.79 Å². The average Bonchev–Trinajstić information content (AvgIpc) is 2.17. The fourth-order valence-corrected chi connectivity index (χ4v) is 2.01. The molecule has 0 aliphatic carbocycles. The maximum atomic E-state index is 10.5. The maximum absolute atomic E-state index is 10.5. The Morgan fingerprint density at radius 1 is 1.44 bits per heavy atom. The molecule has 0 spiro atoms. The van der Waals surface area contributed by atoms with E-state index in [0.29, 0.717) is 0 Å². The quantitative estimate of drug-likeness (QED) is 0.557. The number of hydrogen-bond acceptors (Lipinski definition) is 3. The summed E-state index contributed by atoms with van der Waals surface area (Å²) in [5.41, 5.74) is 7.12. The third-order valence-electron chi connectivity index (χ3n) is 2.67. The van der Waals surface area contributed by atoms with Crippen molar-refractivity contribution in [2.75, 3.05) is 19.6 Å². The van der Waals surface area contributed by atoms with E-state index in [4.69, 9.17) is 5.73 Å². The Balaban J connectivity index is 2.37. The summed E-state index contributed by atoms with van der Waals surface area (Å²) in [7, 11) is 0. The number of primary amides is 1. The zero-order valence-electron chi connectivity index (χ0n) is 10.2. The standard InChI is InChI=1S/C11H22N4O/c1-11(2,8-13-14-10(12)16)9-15-6-4-3-5-7-15/h8H,3-7,9H2,1-2H3,(H3,12,14,16). The number of nitrogens with two attached hydrogens (primary N) is 1. The molecular weight excluding hydrogens is 204 g/mol. The normalized spacial score (nSPS) is 18.9. The third kappa shape index (κ3) is 5.11. The molecule has 2 amide bonds. The molecule has 0 saturated carbocycles. The summed E-state index contributed by atoms with van der Waals surface area (Å²) in [6.45, 7) is 7.51. The van der Waals surface area contributed by atoms with Crippen molar-refractivity contribution in [3.63, 3.8) is 0 Å². The van der Waals surface area contributed by atoms with E-state index in [1.165, 1.54) is 32.4 Å². The maximum Gasteiger partial charge on any atom is 0.332 e. The molecule has 0 bridgehead atoms. The summed E-state index contributed by atoms with van der Waals surface area (Å²) in [5.74, 6) is 0. The van der Waals surface area contributed by atoms with Crippen molar-refractivity contribution in [3.8, 4) is 0 Å². The Morgan fingerprint density at radius 3 is 2.62 bits per heavy atom. The number of likely N-dealkylation sites (tertiary alicyclic amines) is 1. The topological polar surface area (TPSA) is 70.7 Å². The van der Waals surface area contributed by atoms with Crippen LogP contribution in [0.5, 0.6) is 0 Å². The molecule has 1 saturated heterocycles. The smallest absolute Gasteiger partial charge is 0.332 e. The van der Waals surface area contributed by atoms with E-state index in [9.17, 15) is 4.79 Å². The Hall–Kier alpha value is -1.10. The zero-order valence-corrected chi connectivity index (χ0v) is 10.2. The number of hydrogen-bond donors (Lipinski definition) is 2. The molecule has 0 radical (unpaired) electrons. The minimum atomic E-state index is -0.620. The van der Waals surface area contributed by atoms with E-state index in [0.717, 1.165) is 6.54 Å². The summed E-state index contributed by atoms with van der Waals surface area (Å²) >= 11 is 0. The van der Waals surface area contributed by atoms with Crippen LogP contribution in [0.25, 0.3) is 0 Å². The molecule has 5 nitrogen and oxygen atoms in total. The molecule has 5 heteroatoms. The molecule has 92 valence electrons. The molecular formula is C11H22N4O. The molecule has 0 unspecified atom stereocenters. The van der Waals surface area contributed by atoms with Gasteiger partial charge in [-0.3, -0.25) is 0 Å². The molecule has 0 aromatic rings. The minimum Gasteiger partial charge on any atom is -0.350 e. The van der Waals surface area contributed by atoms with Gasteiger partial charge in [-0.15, -0.1) is 0 Å². The van der Waals surface area contributed by atoms with Crippen LogP contribution in [0.4, 0.5) is 4.79 Å². The van der Waals surface area contributed by atoms with Crippen LogP contribution >= 0.6 is 0 Å². The average molecular weight is 226 g/mol. The number of nitrogens with zero attached hydrogens (tertiary/aromatic N) is 2. The van der Waals surface area contributed by atoms with Crippen molar-refractivity contribution in [2.45, 2.75) is 33.1 Å². The van der Waals surface area contributed by atoms with Crippen LogP contribution in [0.3, 0.4) is 0 Å². The summed E-state index contributed by atoms with van der Waals surface area (Å²) in [4.78, 5) is 12.9. The second kappa shape index (κ2) is 5.84. The van der Waals surface area contributed by atoms with Crippen LogP contribution in [-0.2, 0) is 0 Å². The van der Waals surface area contributed by atoms with Crippen LogP contribution in [-0.4, -0.2) is 36.8 Å². The Bertz CT molecular complexity index is 257. The highest BCUT2D eigenvalue weighted by atomic mass is 16.2. The van der Waals surface area contributed by atoms with Crippen LogP contribution in [0.15, 0.2) is 5.10 Å². The fraction of sp³-hybridized carbons (Fsp3) is 0.818. The Kier molecular flexibility index (Phi) is 4.73. The highest BCUT2D eigenvalue weighted by molar-refractivity contribution is 5.73. The molecule has 16 heavy (non-hydrogen) atoms. The van der Waals surface area contributed by atoms with Crippen LogP contribution in [0.2, 0.25) is 0 Å². The third-order valence-corrected chi connectivity index (χ3v) is 2.67. The van der Waals surface area contributed by atoms with E-state index in [1.807, 2.05) is 0 Å². The molecule has 0 aromatic heterocycles. The zero-order chi connectivity index (χ0) is 12.0. The van der Waals surface area contributed by atoms with Gasteiger partial charge in [0.2, 0.25) is 0 Å². The van der Waals surface area contributed by atoms with Crippen molar-refractivity contribution in [2.24, 2.45) is 16.3 Å². The second-order valence-electron chi connectivity index (χ2n) is 5.06. The first-order chi connectivity index (χ1) is 7.49. The summed E-state index contributed by atoms with van der Waals surface area (Å²) in [6, 6.07) is -0.620. The van der Waals surface area contributed by atoms with Gasteiger partial charge in [0.15, 0.2) is 0 Å². The number of nitrogens with one attached hydrogen (secondary N) is 1. The first kappa shape index (κ1) is 13.0. The van der Waals surface area contributed by atoms with E-state index in [-0.39, 0.29) is 5.41 Å². The van der Waals surface area contributed by atoms with Gasteiger partial charge in [0.05, 0.1) is 0 Å². The lowest BCUT2D eigenvalue weighted by Gasteiger charge is -2.32. The summed E-state index contributed by atoms with van der Waals surface area (Å²) in [6.07, 6.45) is 5.67. The number of urea groups is 1. The van der Waals surface area contributed by atoms with Gasteiger partial charge in [-0.1, -0.05) is 20.3 Å². The Morgan fingerprint density at radius 2 is 2.06 bits per heavy atom. The van der Waals surface area contributed by atoms with Gasteiger partial charge in [-0.05, 0) is 25.9 Å². The SMILES string of the molecule is CC(C)(C=NNC(N)=O)CN1CCCCC1. The fourth-order valence-electron chi connectivity index (χ4n) is 2.01. The summed E-state index contributed by atoms with van der Waals surface area (Å²) in [5, 5.41) is 3.83. The largest absolute Gasteiger partial charge is 0.350 e. The number of amides is 2. The van der Waals surface area contributed by atoms with E-state index in [1.54, 1.807) is 6.21 Å². The molecule has 0 aromatic carbocycles. The summed E-state index contributed by atoms with van der Waals surface area (Å²) < 4.78 is 0. The minimum absolute atomic E-state index is 0.0419. The first-order valence-corrected chi connectivity index (χ1v) is 5.82. The van der Waals surface area contributed by atoms with E-state index in [2.05, 4.69) is 29.3 Å². The van der Waals surface area contributed by atoms with E-state index < -0.39 is 6.03 Å². The van der Waals surface area contributed by atoms with Gasteiger partial charge in [-0.2, -0.15) is 5.10 Å². The predicted molar refractivity (Wildman–Crippen MR) is 65.3 cm³/mol. The van der Waals surface area contributed by atoms with Gasteiger partial charge < -0.3 is 10.6 Å². The van der Waals surface area contributed by atoms with Gasteiger partial charge in [0, 0.05) is 18.2 Å². The number of carbonyl (C=O) groups is 1. The number of carbonyl (C=O) groups excluding carboxylic acids is 1. The first-order valence-electron chi connectivity index (χ1n) is 5.82. The van der Waals surface area contributed by atoms with E-state index >= 15 is 0 Å². The Labute approximate surface area is 97.1 Å². The van der Waals surface area contributed by atoms with Crippen LogP contribution in [0.1, 0.15) is 33.1 Å². The van der Waals surface area contributed by atoms with Gasteiger partial charge >= 0.3 is 6.03 Å². The lowest BCUT2D eigenvalue weighted by atomic mass is 9.93. The van der Waals surface area contributed by atoms with Crippen molar-refractivity contribution in [3.05, 3.63) is 0 Å². The molecule has 1 aliphatic heterocycles. The lowest BCUT2D eigenvalue weighted by molar-refractivity contribution is 0.188. The van der Waals surface area contributed by atoms with Gasteiger partial charge in [0.1, 0.15) is 0 Å². The molecule has 0 atom stereocenters. The molecule has 1 rings (SSSR count). The van der Waals surface area contributed by atoms with Gasteiger partial charge in [0.25, 0.3) is 0 Å². The molecule has 1 aliphatic rings. The number of piperidine rings is 1. The monoisotopic (exact) mass is 226 g/mol. The number of hydrazone groups is 1. The molecule has 1 heterocycles. The van der Waals surface area contributed by atoms with Crippen molar-refractivity contribution in [1.82, 2.24) is 10.3 Å².